The average Bonchev–Trinajstić information content (AvgIpc) is 2.80. The Labute approximate surface area is 184 Å². The van der Waals surface area contributed by atoms with E-state index in [0.29, 0.717) is 5.69 Å². The van der Waals surface area contributed by atoms with Gasteiger partial charge in [0.25, 0.3) is 5.91 Å². The lowest BCUT2D eigenvalue weighted by molar-refractivity contribution is -0.155. The third-order valence-electron chi connectivity index (χ3n) is 5.80. The van der Waals surface area contributed by atoms with Crippen LogP contribution in [0.25, 0.3) is 0 Å². The van der Waals surface area contributed by atoms with Gasteiger partial charge in [0.2, 0.25) is 0 Å². The fourth-order valence-corrected chi connectivity index (χ4v) is 3.72. The molecule has 0 saturated carbocycles. The molecule has 0 aliphatic carbocycles. The van der Waals surface area contributed by atoms with E-state index in [1.54, 1.807) is 6.92 Å². The van der Waals surface area contributed by atoms with Crippen molar-refractivity contribution >= 4 is 23.3 Å². The van der Waals surface area contributed by atoms with Gasteiger partial charge in [-0.3, -0.25) is 9.59 Å². The van der Waals surface area contributed by atoms with Gasteiger partial charge in [0, 0.05) is 24.5 Å². The van der Waals surface area contributed by atoms with Crippen LogP contribution in [0.3, 0.4) is 0 Å². The number of hydrogen-bond donors (Lipinski definition) is 1. The molecule has 3 atom stereocenters. The van der Waals surface area contributed by atoms with Gasteiger partial charge in [0.15, 0.2) is 6.10 Å². The van der Waals surface area contributed by atoms with Crippen molar-refractivity contribution in [3.8, 4) is 0 Å². The van der Waals surface area contributed by atoms with Crippen molar-refractivity contribution < 1.29 is 19.1 Å². The molecule has 0 unspecified atom stereocenters. The lowest BCUT2D eigenvalue weighted by Crippen LogP contribution is -2.36. The number of hydrogen-bond acceptors (Lipinski definition) is 5. The van der Waals surface area contributed by atoms with E-state index in [1.165, 1.54) is 0 Å². The van der Waals surface area contributed by atoms with Gasteiger partial charge in [-0.2, -0.15) is 0 Å². The molecule has 1 aliphatic heterocycles. The third-order valence-corrected chi connectivity index (χ3v) is 5.80. The number of nitrogens with one attached hydrogen (secondary N) is 1. The molecule has 2 aromatic carbocycles. The van der Waals surface area contributed by atoms with Crippen molar-refractivity contribution in [2.75, 3.05) is 36.5 Å². The topological polar surface area (TPSA) is 67.9 Å². The van der Waals surface area contributed by atoms with Crippen LogP contribution in [0.4, 0.5) is 11.4 Å². The molecule has 0 spiro atoms. The van der Waals surface area contributed by atoms with E-state index in [0.717, 1.165) is 44.0 Å². The molecule has 1 aliphatic rings. The van der Waals surface area contributed by atoms with Gasteiger partial charge in [-0.15, -0.1) is 0 Å². The van der Waals surface area contributed by atoms with E-state index in [2.05, 4.69) is 10.2 Å². The second kappa shape index (κ2) is 11.0. The van der Waals surface area contributed by atoms with Crippen LogP contribution >= 0.6 is 0 Å². The molecule has 0 aromatic heterocycles. The fourth-order valence-electron chi connectivity index (χ4n) is 3.72. The Morgan fingerprint density at radius 2 is 1.68 bits per heavy atom. The molecule has 1 amide bonds. The summed E-state index contributed by atoms with van der Waals surface area (Å²) in [6, 6.07) is 17.3. The van der Waals surface area contributed by atoms with Crippen LogP contribution in [0.2, 0.25) is 0 Å². The highest BCUT2D eigenvalue weighted by molar-refractivity contribution is 5.95. The number of amides is 1. The van der Waals surface area contributed by atoms with Crippen molar-refractivity contribution in [1.82, 2.24) is 0 Å². The molecule has 6 heteroatoms. The van der Waals surface area contributed by atoms with Gasteiger partial charge in [-0.05, 0) is 42.7 Å². The number of anilines is 2. The largest absolute Gasteiger partial charge is 0.452 e. The van der Waals surface area contributed by atoms with Crippen molar-refractivity contribution in [3.63, 3.8) is 0 Å². The number of nitrogens with zero attached hydrogens (tertiary/aromatic N) is 1. The maximum absolute atomic E-state index is 12.9. The van der Waals surface area contributed by atoms with Crippen molar-refractivity contribution in [2.24, 2.45) is 5.92 Å². The van der Waals surface area contributed by atoms with Crippen LogP contribution < -0.4 is 10.2 Å². The van der Waals surface area contributed by atoms with E-state index >= 15 is 0 Å². The Balaban J connectivity index is 1.59. The average molecular weight is 425 g/mol. The first-order valence-electron chi connectivity index (χ1n) is 11.0. The minimum atomic E-state index is -0.887. The number of benzene rings is 2. The summed E-state index contributed by atoms with van der Waals surface area (Å²) in [5.74, 6) is -0.999. The number of morpholine rings is 1. The van der Waals surface area contributed by atoms with Gasteiger partial charge in [-0.25, -0.2) is 0 Å². The lowest BCUT2D eigenvalue weighted by atomic mass is 9.85. The second-order valence-corrected chi connectivity index (χ2v) is 7.99. The summed E-state index contributed by atoms with van der Waals surface area (Å²) in [5.41, 5.74) is 2.68. The molecule has 2 aromatic rings. The first-order valence-corrected chi connectivity index (χ1v) is 11.0. The summed E-state index contributed by atoms with van der Waals surface area (Å²) < 4.78 is 11.0. The third kappa shape index (κ3) is 6.07. The minimum Gasteiger partial charge on any atom is -0.452 e. The lowest BCUT2D eigenvalue weighted by Gasteiger charge is -2.29. The van der Waals surface area contributed by atoms with E-state index in [9.17, 15) is 9.59 Å². The highest BCUT2D eigenvalue weighted by Gasteiger charge is 2.30. The number of carbonyl (C=O) groups excluding carboxylic acids is 2. The second-order valence-electron chi connectivity index (χ2n) is 7.99. The molecule has 1 N–H and O–H groups in total. The zero-order chi connectivity index (χ0) is 22.2. The standard InChI is InChI=1S/C25H32N2O4/c1-4-18(2)23(20-8-6-5-7-9-20)25(29)31-19(3)24(28)26-21-10-12-22(13-11-21)27-14-16-30-17-15-27/h5-13,18-19,23H,4,14-17H2,1-3H3,(H,26,28)/t18-,19-,23-/m0/s1. The smallest absolute Gasteiger partial charge is 0.314 e. The maximum Gasteiger partial charge on any atom is 0.314 e. The Morgan fingerprint density at radius 3 is 2.29 bits per heavy atom. The monoisotopic (exact) mass is 424 g/mol. The Bertz CT molecular complexity index is 848. The zero-order valence-corrected chi connectivity index (χ0v) is 18.5. The molecule has 31 heavy (non-hydrogen) atoms. The molecule has 0 bridgehead atoms. The zero-order valence-electron chi connectivity index (χ0n) is 18.5. The van der Waals surface area contributed by atoms with Crippen LogP contribution in [-0.2, 0) is 19.1 Å². The quantitative estimate of drug-likeness (QED) is 0.643. The van der Waals surface area contributed by atoms with E-state index in [1.807, 2.05) is 68.4 Å². The predicted molar refractivity (Wildman–Crippen MR) is 122 cm³/mol. The summed E-state index contributed by atoms with van der Waals surface area (Å²) in [6.07, 6.45) is -0.0493. The van der Waals surface area contributed by atoms with E-state index in [-0.39, 0.29) is 17.8 Å². The summed E-state index contributed by atoms with van der Waals surface area (Å²) in [7, 11) is 0. The molecule has 3 rings (SSSR count). The van der Waals surface area contributed by atoms with Crippen molar-refractivity contribution in [3.05, 3.63) is 60.2 Å². The van der Waals surface area contributed by atoms with Crippen molar-refractivity contribution in [1.29, 1.82) is 0 Å². The fraction of sp³-hybridized carbons (Fsp3) is 0.440. The first-order chi connectivity index (χ1) is 15.0. The van der Waals surface area contributed by atoms with Crippen LogP contribution in [0.1, 0.15) is 38.7 Å². The highest BCUT2D eigenvalue weighted by atomic mass is 16.5. The molecule has 1 saturated heterocycles. The van der Waals surface area contributed by atoms with Gasteiger partial charge in [0.1, 0.15) is 0 Å². The molecule has 1 heterocycles. The molecule has 1 fully saturated rings. The van der Waals surface area contributed by atoms with Crippen molar-refractivity contribution in [2.45, 2.75) is 39.2 Å². The predicted octanol–water partition coefficient (Wildman–Crippen LogP) is 4.22. The molecular formula is C25H32N2O4. The number of esters is 1. The van der Waals surface area contributed by atoms with Gasteiger partial charge >= 0.3 is 5.97 Å². The number of carbonyl (C=O) groups is 2. The Morgan fingerprint density at radius 1 is 1.03 bits per heavy atom. The molecule has 0 radical (unpaired) electrons. The van der Waals surface area contributed by atoms with Crippen LogP contribution in [0.5, 0.6) is 0 Å². The van der Waals surface area contributed by atoms with Crippen LogP contribution in [-0.4, -0.2) is 44.3 Å². The number of rotatable bonds is 8. The van der Waals surface area contributed by atoms with E-state index in [4.69, 9.17) is 9.47 Å². The van der Waals surface area contributed by atoms with Gasteiger partial charge in [-0.1, -0.05) is 50.6 Å². The minimum absolute atomic E-state index is 0.109. The summed E-state index contributed by atoms with van der Waals surface area (Å²) in [6.45, 7) is 8.84. The number of ether oxygens (including phenoxy) is 2. The van der Waals surface area contributed by atoms with Gasteiger partial charge < -0.3 is 19.7 Å². The Hall–Kier alpha value is -2.86. The summed E-state index contributed by atoms with van der Waals surface area (Å²) >= 11 is 0. The Kier molecular flexibility index (Phi) is 8.06. The molecular weight excluding hydrogens is 392 g/mol. The first kappa shape index (κ1) is 22.8. The highest BCUT2D eigenvalue weighted by Crippen LogP contribution is 2.29. The normalized spacial score (nSPS) is 16.8. The maximum atomic E-state index is 12.9. The van der Waals surface area contributed by atoms with E-state index < -0.39 is 12.0 Å². The molecule has 6 nitrogen and oxygen atoms in total. The summed E-state index contributed by atoms with van der Waals surface area (Å²) in [5, 5.41) is 2.84. The SMILES string of the molecule is CC[C@H](C)[C@H](C(=O)O[C@@H](C)C(=O)Nc1ccc(N2CCOCC2)cc1)c1ccccc1. The summed E-state index contributed by atoms with van der Waals surface area (Å²) in [4.78, 5) is 27.8. The van der Waals surface area contributed by atoms with Gasteiger partial charge in [0.05, 0.1) is 19.1 Å². The van der Waals surface area contributed by atoms with Crippen LogP contribution in [0.15, 0.2) is 54.6 Å². The molecule has 166 valence electrons. The van der Waals surface area contributed by atoms with Crippen LogP contribution in [0, 0.1) is 5.92 Å².